The molecule has 146 valence electrons. The molecule has 2 unspecified atom stereocenters. The van der Waals surface area contributed by atoms with E-state index in [4.69, 9.17) is 4.74 Å². The number of aliphatic hydroxyl groups is 1. The quantitative estimate of drug-likeness (QED) is 0.688. The van der Waals surface area contributed by atoms with Crippen LogP contribution >= 0.6 is 0 Å². The molecule has 0 spiro atoms. The molecule has 0 bridgehead atoms. The van der Waals surface area contributed by atoms with E-state index in [1.165, 1.54) is 5.56 Å². The number of hydrogen-bond acceptors (Lipinski definition) is 5. The zero-order chi connectivity index (χ0) is 19.0. The van der Waals surface area contributed by atoms with E-state index >= 15 is 0 Å². The first-order valence-electron chi connectivity index (χ1n) is 9.36. The van der Waals surface area contributed by atoms with Crippen LogP contribution in [-0.2, 0) is 16.1 Å². The first-order chi connectivity index (χ1) is 12.3. The Bertz CT molecular complexity index is 548. The van der Waals surface area contributed by atoms with Crippen LogP contribution < -0.4 is 5.32 Å². The Morgan fingerprint density at radius 1 is 1.38 bits per heavy atom. The summed E-state index contributed by atoms with van der Waals surface area (Å²) in [5, 5.41) is 13.2. The lowest BCUT2D eigenvalue weighted by atomic mass is 10.0. The molecular weight excluding hydrogens is 330 g/mol. The molecule has 6 heteroatoms. The lowest BCUT2D eigenvalue weighted by Gasteiger charge is -2.33. The molecule has 0 aliphatic carbocycles. The zero-order valence-corrected chi connectivity index (χ0v) is 16.3. The van der Waals surface area contributed by atoms with Crippen LogP contribution in [0.4, 0.5) is 0 Å². The third-order valence-corrected chi connectivity index (χ3v) is 4.65. The molecular formula is C20H33N3O3. The first kappa shape index (κ1) is 20.8. The summed E-state index contributed by atoms with van der Waals surface area (Å²) in [6.07, 6.45) is 0.847. The highest BCUT2D eigenvalue weighted by Gasteiger charge is 2.25. The van der Waals surface area contributed by atoms with Gasteiger partial charge in [-0.1, -0.05) is 30.3 Å². The van der Waals surface area contributed by atoms with Gasteiger partial charge in [0.1, 0.15) is 0 Å². The van der Waals surface area contributed by atoms with Gasteiger partial charge in [-0.2, -0.15) is 0 Å². The number of ether oxygens (including phenoxy) is 1. The average molecular weight is 364 g/mol. The molecule has 1 fully saturated rings. The van der Waals surface area contributed by atoms with Gasteiger partial charge in [0.2, 0.25) is 5.91 Å². The van der Waals surface area contributed by atoms with Crippen molar-refractivity contribution in [2.24, 2.45) is 0 Å². The van der Waals surface area contributed by atoms with Gasteiger partial charge >= 0.3 is 0 Å². The minimum atomic E-state index is -0.896. The molecule has 1 aliphatic rings. The van der Waals surface area contributed by atoms with E-state index in [-0.39, 0.29) is 18.6 Å². The fourth-order valence-corrected chi connectivity index (χ4v) is 3.01. The van der Waals surface area contributed by atoms with Gasteiger partial charge in [-0.25, -0.2) is 0 Å². The maximum atomic E-state index is 12.2. The molecule has 0 aromatic heterocycles. The summed E-state index contributed by atoms with van der Waals surface area (Å²) in [7, 11) is 3.94. The Morgan fingerprint density at radius 2 is 2.12 bits per heavy atom. The average Bonchev–Trinajstić information content (AvgIpc) is 2.60. The molecule has 1 amide bonds. The first-order valence-corrected chi connectivity index (χ1v) is 9.36. The third-order valence-electron chi connectivity index (χ3n) is 4.65. The number of nitrogens with one attached hydrogen (secondary N) is 1. The number of benzene rings is 1. The fourth-order valence-electron chi connectivity index (χ4n) is 3.01. The summed E-state index contributed by atoms with van der Waals surface area (Å²) >= 11 is 0. The second kappa shape index (κ2) is 10.0. The SMILES string of the molecule is CN(C)CCC(C)(O)CNC(=O)CC1CN(Cc2ccccc2)CCO1. The van der Waals surface area contributed by atoms with Crippen LogP contribution in [0.15, 0.2) is 30.3 Å². The second-order valence-electron chi connectivity index (χ2n) is 7.74. The van der Waals surface area contributed by atoms with Crippen molar-refractivity contribution >= 4 is 5.91 Å². The number of nitrogens with zero attached hydrogens (tertiary/aromatic N) is 2. The van der Waals surface area contributed by atoms with Gasteiger partial charge in [-0.3, -0.25) is 9.69 Å². The number of carbonyl (C=O) groups excluding carboxylic acids is 1. The van der Waals surface area contributed by atoms with Crippen LogP contribution in [0, 0.1) is 0 Å². The van der Waals surface area contributed by atoms with Crippen molar-refractivity contribution in [1.29, 1.82) is 0 Å². The molecule has 1 aromatic carbocycles. The number of rotatable bonds is 9. The lowest BCUT2D eigenvalue weighted by Crippen LogP contribution is -2.46. The highest BCUT2D eigenvalue weighted by Crippen LogP contribution is 2.13. The summed E-state index contributed by atoms with van der Waals surface area (Å²) in [5.74, 6) is -0.0679. The Hall–Kier alpha value is -1.47. The van der Waals surface area contributed by atoms with Crippen molar-refractivity contribution in [2.45, 2.75) is 38.0 Å². The predicted molar refractivity (Wildman–Crippen MR) is 103 cm³/mol. The van der Waals surface area contributed by atoms with Crippen molar-refractivity contribution in [2.75, 3.05) is 46.9 Å². The summed E-state index contributed by atoms with van der Waals surface area (Å²) in [5.41, 5.74) is 0.377. The lowest BCUT2D eigenvalue weighted by molar-refractivity contribution is -0.127. The van der Waals surface area contributed by atoms with E-state index in [1.807, 2.05) is 37.2 Å². The maximum Gasteiger partial charge on any atom is 0.222 e. The van der Waals surface area contributed by atoms with Crippen molar-refractivity contribution in [3.8, 4) is 0 Å². The Balaban J connectivity index is 1.72. The summed E-state index contributed by atoms with van der Waals surface area (Å²) in [6, 6.07) is 10.3. The molecule has 1 heterocycles. The van der Waals surface area contributed by atoms with Gasteiger partial charge in [0.15, 0.2) is 0 Å². The van der Waals surface area contributed by atoms with Crippen LogP contribution in [0.2, 0.25) is 0 Å². The van der Waals surface area contributed by atoms with Gasteiger partial charge in [0, 0.05) is 32.7 Å². The van der Waals surface area contributed by atoms with E-state index in [0.29, 0.717) is 19.4 Å². The molecule has 0 saturated carbocycles. The highest BCUT2D eigenvalue weighted by atomic mass is 16.5. The summed E-state index contributed by atoms with van der Waals surface area (Å²) in [4.78, 5) is 16.6. The van der Waals surface area contributed by atoms with E-state index in [2.05, 4.69) is 22.3 Å². The maximum absolute atomic E-state index is 12.2. The molecule has 26 heavy (non-hydrogen) atoms. The van der Waals surface area contributed by atoms with Gasteiger partial charge in [0.25, 0.3) is 0 Å². The molecule has 1 saturated heterocycles. The minimum absolute atomic E-state index is 0.0679. The number of morpholine rings is 1. The number of hydrogen-bond donors (Lipinski definition) is 2. The van der Waals surface area contributed by atoms with E-state index in [1.54, 1.807) is 6.92 Å². The molecule has 1 aliphatic heterocycles. The normalized spacial score (nSPS) is 20.7. The van der Waals surface area contributed by atoms with Crippen LogP contribution in [0.1, 0.15) is 25.3 Å². The highest BCUT2D eigenvalue weighted by molar-refractivity contribution is 5.76. The fraction of sp³-hybridized carbons (Fsp3) is 0.650. The van der Waals surface area contributed by atoms with Crippen molar-refractivity contribution in [1.82, 2.24) is 15.1 Å². The summed E-state index contributed by atoms with van der Waals surface area (Å²) in [6.45, 7) is 5.96. The van der Waals surface area contributed by atoms with Crippen LogP contribution in [0.3, 0.4) is 0 Å². The van der Waals surface area contributed by atoms with E-state index < -0.39 is 5.60 Å². The van der Waals surface area contributed by atoms with E-state index in [0.717, 1.165) is 26.2 Å². The number of amides is 1. The van der Waals surface area contributed by atoms with Gasteiger partial charge in [-0.05, 0) is 33.0 Å². The minimum Gasteiger partial charge on any atom is -0.388 e. The van der Waals surface area contributed by atoms with Crippen LogP contribution in [-0.4, -0.2) is 79.4 Å². The van der Waals surface area contributed by atoms with Crippen molar-refractivity contribution < 1.29 is 14.6 Å². The molecule has 1 aromatic rings. The topological polar surface area (TPSA) is 65.0 Å². The zero-order valence-electron chi connectivity index (χ0n) is 16.3. The monoisotopic (exact) mass is 363 g/mol. The van der Waals surface area contributed by atoms with Crippen molar-refractivity contribution in [3.63, 3.8) is 0 Å². The standard InChI is InChI=1S/C20H33N3O3/c1-20(25,9-10-22(2)3)16-21-19(24)13-18-15-23(11-12-26-18)14-17-7-5-4-6-8-17/h4-8,18,25H,9-16H2,1-3H3,(H,21,24). The van der Waals surface area contributed by atoms with E-state index in [9.17, 15) is 9.90 Å². The Kier molecular flexibility index (Phi) is 8.03. The van der Waals surface area contributed by atoms with Crippen LogP contribution in [0.5, 0.6) is 0 Å². The number of carbonyl (C=O) groups is 1. The summed E-state index contributed by atoms with van der Waals surface area (Å²) < 4.78 is 5.76. The van der Waals surface area contributed by atoms with Crippen LogP contribution in [0.25, 0.3) is 0 Å². The largest absolute Gasteiger partial charge is 0.388 e. The molecule has 2 N–H and O–H groups in total. The molecule has 0 radical (unpaired) electrons. The molecule has 2 atom stereocenters. The smallest absolute Gasteiger partial charge is 0.222 e. The van der Waals surface area contributed by atoms with Gasteiger partial charge in [-0.15, -0.1) is 0 Å². The molecule has 2 rings (SSSR count). The molecule has 6 nitrogen and oxygen atoms in total. The third kappa shape index (κ3) is 7.83. The Labute approximate surface area is 157 Å². The van der Waals surface area contributed by atoms with Gasteiger partial charge in [0.05, 0.1) is 24.7 Å². The van der Waals surface area contributed by atoms with Crippen molar-refractivity contribution in [3.05, 3.63) is 35.9 Å². The van der Waals surface area contributed by atoms with Gasteiger partial charge < -0.3 is 20.1 Å². The second-order valence-corrected chi connectivity index (χ2v) is 7.74. The predicted octanol–water partition coefficient (Wildman–Crippen LogP) is 1.10. The Morgan fingerprint density at radius 3 is 2.81 bits per heavy atom.